The molecule has 0 aliphatic carbocycles. The van der Waals surface area contributed by atoms with Crippen molar-refractivity contribution in [3.05, 3.63) is 42.0 Å². The highest BCUT2D eigenvalue weighted by atomic mass is 32.1. The molecule has 3 aromatic rings. The summed E-state index contributed by atoms with van der Waals surface area (Å²) in [6, 6.07) is 9.47. The standard InChI is InChI=1S/C20H19N5O5S/c1-20(11-7-8-14(29-2)15(9-11)30-3)18(27)25(19(28)22-20)10-16(26)21-12-5-4-6-13-17(12)24-31-23-13/h4-9H,10H2,1-3H3,(H,21,26)(H,22,28)/t20-/m0/s1. The van der Waals surface area contributed by atoms with E-state index in [1.54, 1.807) is 43.3 Å². The number of aromatic nitrogens is 2. The van der Waals surface area contributed by atoms with E-state index < -0.39 is 29.9 Å². The second-order valence-electron chi connectivity index (χ2n) is 7.00. The fraction of sp³-hybridized carbons (Fsp3) is 0.250. The maximum absolute atomic E-state index is 13.1. The van der Waals surface area contributed by atoms with E-state index in [1.165, 1.54) is 14.2 Å². The molecular formula is C20H19N5O5S. The summed E-state index contributed by atoms with van der Waals surface area (Å²) in [7, 11) is 2.98. The summed E-state index contributed by atoms with van der Waals surface area (Å²) >= 11 is 1.03. The minimum absolute atomic E-state index is 0.421. The predicted octanol–water partition coefficient (Wildman–Crippen LogP) is 2.11. The summed E-state index contributed by atoms with van der Waals surface area (Å²) in [6.07, 6.45) is 0. The van der Waals surface area contributed by atoms with Gasteiger partial charge in [-0.2, -0.15) is 8.75 Å². The average Bonchev–Trinajstić information content (AvgIpc) is 3.33. The first kappa shape index (κ1) is 20.5. The van der Waals surface area contributed by atoms with E-state index in [-0.39, 0.29) is 0 Å². The Hall–Kier alpha value is -3.73. The van der Waals surface area contributed by atoms with Crippen molar-refractivity contribution in [1.82, 2.24) is 19.0 Å². The van der Waals surface area contributed by atoms with Gasteiger partial charge in [0.25, 0.3) is 5.91 Å². The number of carbonyl (C=O) groups excluding carboxylic acids is 3. The van der Waals surface area contributed by atoms with Crippen molar-refractivity contribution >= 4 is 46.3 Å². The summed E-state index contributed by atoms with van der Waals surface area (Å²) in [5, 5.41) is 5.36. The van der Waals surface area contributed by atoms with Crippen LogP contribution in [0.5, 0.6) is 11.5 Å². The Morgan fingerprint density at radius 1 is 1.16 bits per heavy atom. The van der Waals surface area contributed by atoms with Gasteiger partial charge in [-0.3, -0.25) is 14.5 Å². The Kier molecular flexibility index (Phi) is 5.19. The number of imide groups is 1. The van der Waals surface area contributed by atoms with Gasteiger partial charge in [0.15, 0.2) is 11.5 Å². The van der Waals surface area contributed by atoms with Crippen LogP contribution in [0.2, 0.25) is 0 Å². The molecule has 31 heavy (non-hydrogen) atoms. The molecule has 10 nitrogen and oxygen atoms in total. The van der Waals surface area contributed by atoms with Crippen molar-refractivity contribution in [2.75, 3.05) is 26.1 Å². The fourth-order valence-corrected chi connectivity index (χ4v) is 3.97. The third-order valence-electron chi connectivity index (χ3n) is 5.10. The zero-order valence-corrected chi connectivity index (χ0v) is 17.8. The normalized spacial score (nSPS) is 18.2. The number of nitrogens with zero attached hydrogens (tertiary/aromatic N) is 3. The Morgan fingerprint density at radius 3 is 2.68 bits per heavy atom. The zero-order chi connectivity index (χ0) is 22.2. The van der Waals surface area contributed by atoms with Gasteiger partial charge < -0.3 is 20.1 Å². The second kappa shape index (κ2) is 7.84. The van der Waals surface area contributed by atoms with Crippen LogP contribution in [0.1, 0.15) is 12.5 Å². The Bertz CT molecular complexity index is 1200. The number of nitrogens with one attached hydrogen (secondary N) is 2. The monoisotopic (exact) mass is 441 g/mol. The van der Waals surface area contributed by atoms with E-state index in [4.69, 9.17) is 9.47 Å². The number of urea groups is 1. The number of hydrogen-bond donors (Lipinski definition) is 2. The number of rotatable bonds is 6. The van der Waals surface area contributed by atoms with Crippen LogP contribution < -0.4 is 20.1 Å². The molecule has 2 heterocycles. The third kappa shape index (κ3) is 3.52. The lowest BCUT2D eigenvalue weighted by Crippen LogP contribution is -2.42. The Balaban J connectivity index is 1.54. The molecule has 0 bridgehead atoms. The lowest BCUT2D eigenvalue weighted by Gasteiger charge is -2.23. The van der Waals surface area contributed by atoms with Crippen LogP contribution in [0.4, 0.5) is 10.5 Å². The van der Waals surface area contributed by atoms with Crippen molar-refractivity contribution in [1.29, 1.82) is 0 Å². The summed E-state index contributed by atoms with van der Waals surface area (Å²) in [5.41, 5.74) is 0.818. The van der Waals surface area contributed by atoms with Crippen LogP contribution in [0.25, 0.3) is 11.0 Å². The minimum Gasteiger partial charge on any atom is -0.493 e. The van der Waals surface area contributed by atoms with E-state index in [0.29, 0.717) is 33.8 Å². The molecule has 160 valence electrons. The number of anilines is 1. The van der Waals surface area contributed by atoms with Gasteiger partial charge in [-0.15, -0.1) is 0 Å². The SMILES string of the molecule is COc1ccc([C@]2(C)NC(=O)N(CC(=O)Nc3cccc4nsnc34)C2=O)cc1OC. The van der Waals surface area contributed by atoms with Crippen molar-refractivity contribution in [2.24, 2.45) is 0 Å². The summed E-state index contributed by atoms with van der Waals surface area (Å²) in [6.45, 7) is 1.13. The van der Waals surface area contributed by atoms with Gasteiger partial charge >= 0.3 is 6.03 Å². The Morgan fingerprint density at radius 2 is 1.94 bits per heavy atom. The molecule has 0 unspecified atom stereocenters. The second-order valence-corrected chi connectivity index (χ2v) is 7.53. The topological polar surface area (TPSA) is 123 Å². The lowest BCUT2D eigenvalue weighted by molar-refractivity contribution is -0.133. The van der Waals surface area contributed by atoms with Crippen molar-refractivity contribution in [2.45, 2.75) is 12.5 Å². The van der Waals surface area contributed by atoms with Crippen LogP contribution in [0.3, 0.4) is 0 Å². The number of carbonyl (C=O) groups is 3. The molecule has 2 N–H and O–H groups in total. The molecule has 1 fully saturated rings. The number of fused-ring (bicyclic) bond motifs is 1. The van der Waals surface area contributed by atoms with Gasteiger partial charge in [0, 0.05) is 0 Å². The molecule has 1 aromatic heterocycles. The minimum atomic E-state index is -1.35. The van der Waals surface area contributed by atoms with E-state index >= 15 is 0 Å². The third-order valence-corrected chi connectivity index (χ3v) is 5.64. The number of ether oxygens (including phenoxy) is 2. The van der Waals surface area contributed by atoms with Crippen LogP contribution in [-0.4, -0.2) is 52.3 Å². The molecule has 1 saturated heterocycles. The molecule has 2 aromatic carbocycles. The van der Waals surface area contributed by atoms with Gasteiger partial charge in [-0.05, 0) is 36.8 Å². The first-order valence-electron chi connectivity index (χ1n) is 9.25. The highest BCUT2D eigenvalue weighted by molar-refractivity contribution is 7.00. The number of methoxy groups -OCH3 is 2. The Labute approximate surface area is 181 Å². The van der Waals surface area contributed by atoms with Gasteiger partial charge in [0.05, 0.1) is 31.6 Å². The van der Waals surface area contributed by atoms with Crippen molar-refractivity contribution in [3.63, 3.8) is 0 Å². The average molecular weight is 441 g/mol. The molecule has 0 radical (unpaired) electrons. The molecule has 1 aliphatic heterocycles. The highest BCUT2D eigenvalue weighted by Crippen LogP contribution is 2.35. The van der Waals surface area contributed by atoms with Crippen molar-refractivity contribution < 1.29 is 23.9 Å². The summed E-state index contributed by atoms with van der Waals surface area (Å²) in [4.78, 5) is 39.1. The van der Waals surface area contributed by atoms with Crippen LogP contribution in [0.15, 0.2) is 36.4 Å². The van der Waals surface area contributed by atoms with E-state index in [1.807, 2.05) is 0 Å². The summed E-state index contributed by atoms with van der Waals surface area (Å²) < 4.78 is 18.8. The molecule has 1 atom stereocenters. The first-order valence-corrected chi connectivity index (χ1v) is 9.98. The zero-order valence-electron chi connectivity index (χ0n) is 17.0. The number of amides is 4. The van der Waals surface area contributed by atoms with E-state index in [9.17, 15) is 14.4 Å². The lowest BCUT2D eigenvalue weighted by atomic mass is 9.91. The van der Waals surface area contributed by atoms with Gasteiger partial charge in [-0.25, -0.2) is 4.79 Å². The van der Waals surface area contributed by atoms with Gasteiger partial charge in [0.2, 0.25) is 5.91 Å². The summed E-state index contributed by atoms with van der Waals surface area (Å²) in [5.74, 6) is -0.160. The quantitative estimate of drug-likeness (QED) is 0.562. The molecule has 11 heteroatoms. The largest absolute Gasteiger partial charge is 0.493 e. The fourth-order valence-electron chi connectivity index (χ4n) is 3.42. The van der Waals surface area contributed by atoms with E-state index in [2.05, 4.69) is 19.4 Å². The van der Waals surface area contributed by atoms with Crippen LogP contribution >= 0.6 is 11.7 Å². The molecule has 0 saturated carbocycles. The van der Waals surface area contributed by atoms with Crippen molar-refractivity contribution in [3.8, 4) is 11.5 Å². The highest BCUT2D eigenvalue weighted by Gasteiger charge is 2.49. The maximum Gasteiger partial charge on any atom is 0.325 e. The number of benzene rings is 2. The number of hydrogen-bond acceptors (Lipinski definition) is 8. The molecular weight excluding hydrogens is 422 g/mol. The van der Waals surface area contributed by atoms with Gasteiger partial charge in [0.1, 0.15) is 23.1 Å². The smallest absolute Gasteiger partial charge is 0.325 e. The van der Waals surface area contributed by atoms with Crippen LogP contribution in [0, 0.1) is 0 Å². The molecule has 4 amide bonds. The molecule has 4 rings (SSSR count). The van der Waals surface area contributed by atoms with E-state index in [0.717, 1.165) is 16.6 Å². The molecule has 1 aliphatic rings. The van der Waals surface area contributed by atoms with Gasteiger partial charge in [-0.1, -0.05) is 12.1 Å². The maximum atomic E-state index is 13.1. The molecule has 0 spiro atoms. The van der Waals surface area contributed by atoms with Crippen LogP contribution in [-0.2, 0) is 15.1 Å². The first-order chi connectivity index (χ1) is 14.9. The predicted molar refractivity (Wildman–Crippen MR) is 113 cm³/mol.